The fourth-order valence-corrected chi connectivity index (χ4v) is 5.89. The Morgan fingerprint density at radius 2 is 1.81 bits per heavy atom. The molecule has 3 aromatic carbocycles. The Hall–Kier alpha value is -2.90. The number of H-pyrrole nitrogens is 1. The van der Waals surface area contributed by atoms with Gasteiger partial charge in [-0.05, 0) is 49.0 Å². The van der Waals surface area contributed by atoms with Crippen molar-refractivity contribution in [1.29, 1.82) is 0 Å². The summed E-state index contributed by atoms with van der Waals surface area (Å²) in [6, 6.07) is 18.3. The number of hydrogen-bond acceptors (Lipinski definition) is 5. The number of nitrogens with zero attached hydrogens (tertiary/aromatic N) is 2. The van der Waals surface area contributed by atoms with Crippen LogP contribution in [0.5, 0.6) is 5.75 Å². The molecule has 1 N–H and O–H groups in total. The molecule has 0 bridgehead atoms. The molecule has 1 saturated heterocycles. The van der Waals surface area contributed by atoms with Crippen molar-refractivity contribution in [2.24, 2.45) is 0 Å². The molecule has 0 unspecified atom stereocenters. The molecule has 1 aliphatic rings. The van der Waals surface area contributed by atoms with Crippen LogP contribution in [0, 0.1) is 0 Å². The van der Waals surface area contributed by atoms with Gasteiger partial charge < -0.3 is 9.64 Å². The molecule has 1 aromatic heterocycles. The molecule has 1 aliphatic heterocycles. The number of aromatic amines is 1. The van der Waals surface area contributed by atoms with Gasteiger partial charge in [-0.3, -0.25) is 5.10 Å². The van der Waals surface area contributed by atoms with Gasteiger partial charge in [0.15, 0.2) is 5.03 Å². The van der Waals surface area contributed by atoms with Crippen LogP contribution >= 0.6 is 0 Å². The highest BCUT2D eigenvalue weighted by atomic mass is 32.2. The van der Waals surface area contributed by atoms with Crippen LogP contribution in [0.1, 0.15) is 19.8 Å². The second-order valence-corrected chi connectivity index (χ2v) is 9.82. The fourth-order valence-electron chi connectivity index (χ4n) is 4.32. The van der Waals surface area contributed by atoms with E-state index in [1.165, 1.54) is 0 Å². The normalized spacial score (nSPS) is 16.2. The SMILES string of the molecule is CCN1CCC(Oc2ccc3n[nH]c(S(=O)(=O)c4cccc5ccccc45)c3c2)CC1. The summed E-state index contributed by atoms with van der Waals surface area (Å²) in [5.74, 6) is 0.679. The lowest BCUT2D eigenvalue weighted by Crippen LogP contribution is -2.37. The first-order valence-electron chi connectivity index (χ1n) is 10.7. The molecular formula is C24H25N3O3S. The van der Waals surface area contributed by atoms with Gasteiger partial charge in [-0.15, -0.1) is 0 Å². The van der Waals surface area contributed by atoms with Crippen molar-refractivity contribution in [3.05, 3.63) is 60.7 Å². The third-order valence-corrected chi connectivity index (χ3v) is 7.87. The van der Waals surface area contributed by atoms with Gasteiger partial charge in [-0.2, -0.15) is 5.10 Å². The van der Waals surface area contributed by atoms with Crippen LogP contribution in [0.2, 0.25) is 0 Å². The summed E-state index contributed by atoms with van der Waals surface area (Å²) >= 11 is 0. The summed E-state index contributed by atoms with van der Waals surface area (Å²) in [5, 5.41) is 9.23. The van der Waals surface area contributed by atoms with Gasteiger partial charge in [-0.25, -0.2) is 8.42 Å². The molecular weight excluding hydrogens is 410 g/mol. The maximum Gasteiger partial charge on any atom is 0.224 e. The van der Waals surface area contributed by atoms with Crippen molar-refractivity contribution < 1.29 is 13.2 Å². The zero-order valence-corrected chi connectivity index (χ0v) is 18.2. The molecule has 31 heavy (non-hydrogen) atoms. The van der Waals surface area contributed by atoms with Crippen molar-refractivity contribution in [2.75, 3.05) is 19.6 Å². The molecule has 0 aliphatic carbocycles. The number of nitrogens with one attached hydrogen (secondary N) is 1. The molecule has 1 fully saturated rings. The molecule has 0 atom stereocenters. The number of ether oxygens (including phenoxy) is 1. The molecule has 160 valence electrons. The highest BCUT2D eigenvalue weighted by Crippen LogP contribution is 2.33. The maximum absolute atomic E-state index is 13.6. The Kier molecular flexibility index (Phi) is 5.16. The number of piperidine rings is 1. The monoisotopic (exact) mass is 435 g/mol. The van der Waals surface area contributed by atoms with Crippen molar-refractivity contribution in [3.63, 3.8) is 0 Å². The molecule has 0 saturated carbocycles. The number of fused-ring (bicyclic) bond motifs is 2. The van der Waals surface area contributed by atoms with E-state index in [1.807, 2.05) is 42.5 Å². The number of aromatic nitrogens is 2. The topological polar surface area (TPSA) is 75.3 Å². The standard InChI is InChI=1S/C24H25N3O3S/c1-2-27-14-12-18(13-15-27)30-19-10-11-22-21(16-19)24(26-25-22)31(28,29)23-9-5-7-17-6-3-4-8-20(17)23/h3-11,16,18H,2,12-15H2,1H3,(H,25,26). The Balaban J connectivity index is 1.51. The molecule has 4 aromatic rings. The Morgan fingerprint density at radius 1 is 1.03 bits per heavy atom. The van der Waals surface area contributed by atoms with Crippen LogP contribution in [-0.4, -0.2) is 49.3 Å². The average molecular weight is 436 g/mol. The number of rotatable bonds is 5. The van der Waals surface area contributed by atoms with Crippen LogP contribution in [0.15, 0.2) is 70.6 Å². The summed E-state index contributed by atoms with van der Waals surface area (Å²) in [4.78, 5) is 2.68. The van der Waals surface area contributed by atoms with Gasteiger partial charge >= 0.3 is 0 Å². The van der Waals surface area contributed by atoms with Crippen molar-refractivity contribution in [1.82, 2.24) is 15.1 Å². The first-order chi connectivity index (χ1) is 15.1. The van der Waals surface area contributed by atoms with Gasteiger partial charge in [0, 0.05) is 23.9 Å². The number of sulfone groups is 1. The predicted molar refractivity (Wildman–Crippen MR) is 121 cm³/mol. The molecule has 7 heteroatoms. The quantitative estimate of drug-likeness (QED) is 0.503. The summed E-state index contributed by atoms with van der Waals surface area (Å²) in [6.07, 6.45) is 2.09. The third kappa shape index (κ3) is 3.68. The number of likely N-dealkylation sites (tertiary alicyclic amines) is 1. The average Bonchev–Trinajstić information content (AvgIpc) is 3.23. The lowest BCUT2D eigenvalue weighted by molar-refractivity contribution is 0.104. The first-order valence-corrected chi connectivity index (χ1v) is 12.1. The van der Waals surface area contributed by atoms with Crippen LogP contribution in [-0.2, 0) is 9.84 Å². The lowest BCUT2D eigenvalue weighted by Gasteiger charge is -2.31. The Bertz CT molecular complexity index is 1330. The van der Waals surface area contributed by atoms with E-state index in [0.717, 1.165) is 37.9 Å². The van der Waals surface area contributed by atoms with E-state index in [1.54, 1.807) is 18.2 Å². The van der Waals surface area contributed by atoms with E-state index in [4.69, 9.17) is 4.74 Å². The van der Waals surface area contributed by atoms with Crippen molar-refractivity contribution in [3.8, 4) is 5.75 Å². The van der Waals surface area contributed by atoms with E-state index in [0.29, 0.717) is 22.0 Å². The molecule has 2 heterocycles. The molecule has 5 rings (SSSR count). The van der Waals surface area contributed by atoms with Crippen LogP contribution in [0.25, 0.3) is 21.7 Å². The van der Waals surface area contributed by atoms with E-state index >= 15 is 0 Å². The van der Waals surface area contributed by atoms with Crippen LogP contribution in [0.3, 0.4) is 0 Å². The van der Waals surface area contributed by atoms with Gasteiger partial charge in [0.2, 0.25) is 9.84 Å². The number of hydrogen-bond donors (Lipinski definition) is 1. The minimum Gasteiger partial charge on any atom is -0.490 e. The van der Waals surface area contributed by atoms with Crippen molar-refractivity contribution in [2.45, 2.75) is 35.8 Å². The van der Waals surface area contributed by atoms with Crippen molar-refractivity contribution >= 4 is 31.5 Å². The Labute approximate surface area is 181 Å². The molecule has 0 radical (unpaired) electrons. The van der Waals surface area contributed by atoms with E-state index in [9.17, 15) is 8.42 Å². The molecule has 0 spiro atoms. The minimum atomic E-state index is -3.79. The van der Waals surface area contributed by atoms with E-state index in [2.05, 4.69) is 22.0 Å². The van der Waals surface area contributed by atoms with Gasteiger partial charge in [0.1, 0.15) is 11.9 Å². The summed E-state index contributed by atoms with van der Waals surface area (Å²) in [6.45, 7) is 5.28. The largest absolute Gasteiger partial charge is 0.490 e. The first kappa shape index (κ1) is 20.0. The van der Waals surface area contributed by atoms with Crippen LogP contribution in [0.4, 0.5) is 0 Å². The zero-order chi connectivity index (χ0) is 21.4. The van der Waals surface area contributed by atoms with Gasteiger partial charge in [-0.1, -0.05) is 43.3 Å². The fraction of sp³-hybridized carbons (Fsp3) is 0.292. The summed E-state index contributed by atoms with van der Waals surface area (Å²) in [5.41, 5.74) is 0.604. The van der Waals surface area contributed by atoms with Crippen LogP contribution < -0.4 is 4.74 Å². The van der Waals surface area contributed by atoms with E-state index in [-0.39, 0.29) is 16.0 Å². The smallest absolute Gasteiger partial charge is 0.224 e. The third-order valence-electron chi connectivity index (χ3n) is 6.08. The predicted octanol–water partition coefficient (Wildman–Crippen LogP) is 4.41. The molecule has 0 amide bonds. The van der Waals surface area contributed by atoms with Gasteiger partial charge in [0.05, 0.1) is 10.4 Å². The lowest BCUT2D eigenvalue weighted by atomic mass is 10.1. The van der Waals surface area contributed by atoms with E-state index < -0.39 is 9.84 Å². The summed E-state index contributed by atoms with van der Waals surface area (Å²) < 4.78 is 33.4. The number of benzene rings is 3. The second kappa shape index (κ2) is 7.98. The Morgan fingerprint density at radius 3 is 2.61 bits per heavy atom. The maximum atomic E-state index is 13.6. The highest BCUT2D eigenvalue weighted by Gasteiger charge is 2.26. The minimum absolute atomic E-state index is 0.102. The second-order valence-electron chi connectivity index (χ2n) is 7.96. The highest BCUT2D eigenvalue weighted by molar-refractivity contribution is 7.91. The summed E-state index contributed by atoms with van der Waals surface area (Å²) in [7, 11) is -3.79. The molecule has 6 nitrogen and oxygen atoms in total. The zero-order valence-electron chi connectivity index (χ0n) is 17.4. The van der Waals surface area contributed by atoms with Gasteiger partial charge in [0.25, 0.3) is 0 Å².